The smallest absolute Gasteiger partial charge is 0.336 e. The van der Waals surface area contributed by atoms with Crippen molar-refractivity contribution in [2.75, 3.05) is 18.9 Å². The molecule has 0 saturated carbocycles. The van der Waals surface area contributed by atoms with Crippen LogP contribution >= 0.6 is 0 Å². The fourth-order valence-electron chi connectivity index (χ4n) is 4.38. The van der Waals surface area contributed by atoms with Crippen LogP contribution in [0.3, 0.4) is 0 Å². The zero-order valence-electron chi connectivity index (χ0n) is 18.3. The Bertz CT molecular complexity index is 1330. The lowest BCUT2D eigenvalue weighted by molar-refractivity contribution is -0.885. The van der Waals surface area contributed by atoms with E-state index in [9.17, 15) is 9.59 Å². The highest BCUT2D eigenvalue weighted by molar-refractivity contribution is 6.07. The second-order valence-corrected chi connectivity index (χ2v) is 8.38. The molecule has 1 amide bonds. The summed E-state index contributed by atoms with van der Waals surface area (Å²) in [5, 5.41) is 6.13. The number of anilines is 1. The maximum Gasteiger partial charge on any atom is 0.336 e. The van der Waals surface area contributed by atoms with Gasteiger partial charge >= 0.3 is 5.63 Å². The van der Waals surface area contributed by atoms with Crippen molar-refractivity contribution in [3.8, 4) is 0 Å². The SMILES string of the molecule is Cc1cc(C)c(NC(=O)C[NH+](C)Cc2cc(=O)oc3ccc4ccccc4c23)c(C)c1. The molecule has 0 bridgehead atoms. The standard InChI is InChI=1S/C26H26N2O3/c1-16-11-17(2)26(18(3)12-16)27-23(29)15-28(4)14-20-13-24(30)31-22-10-9-19-7-5-6-8-21(19)25(20)22/h5-13H,14-15H2,1-4H3,(H,27,29)/p+1. The molecule has 0 saturated heterocycles. The number of hydrogen-bond donors (Lipinski definition) is 2. The van der Waals surface area contributed by atoms with Crippen molar-refractivity contribution < 1.29 is 14.1 Å². The monoisotopic (exact) mass is 415 g/mol. The summed E-state index contributed by atoms with van der Waals surface area (Å²) in [6.07, 6.45) is 0. The Labute approximate surface area is 181 Å². The highest BCUT2D eigenvalue weighted by atomic mass is 16.4. The minimum Gasteiger partial charge on any atom is -0.423 e. The molecular formula is C26H27N2O3+. The van der Waals surface area contributed by atoms with Crippen LogP contribution in [0.15, 0.2) is 63.8 Å². The molecule has 158 valence electrons. The Hall–Kier alpha value is -3.44. The van der Waals surface area contributed by atoms with Crippen molar-refractivity contribution >= 4 is 33.3 Å². The van der Waals surface area contributed by atoms with Gasteiger partial charge in [0.15, 0.2) is 6.54 Å². The van der Waals surface area contributed by atoms with E-state index in [-0.39, 0.29) is 11.5 Å². The van der Waals surface area contributed by atoms with E-state index >= 15 is 0 Å². The number of aryl methyl sites for hydroxylation is 3. The predicted octanol–water partition coefficient (Wildman–Crippen LogP) is 3.52. The summed E-state index contributed by atoms with van der Waals surface area (Å²) in [5.41, 5.74) is 5.25. The minimum absolute atomic E-state index is 0.0512. The normalized spacial score (nSPS) is 12.3. The van der Waals surface area contributed by atoms with Gasteiger partial charge in [0.05, 0.1) is 7.05 Å². The third-order valence-electron chi connectivity index (χ3n) is 5.61. The minimum atomic E-state index is -0.374. The highest BCUT2D eigenvalue weighted by Crippen LogP contribution is 2.27. The fraction of sp³-hybridized carbons (Fsp3) is 0.231. The molecule has 3 aromatic carbocycles. The third-order valence-corrected chi connectivity index (χ3v) is 5.61. The van der Waals surface area contributed by atoms with Crippen LogP contribution in [-0.2, 0) is 11.3 Å². The van der Waals surface area contributed by atoms with Crippen LogP contribution in [0, 0.1) is 20.8 Å². The second kappa shape index (κ2) is 8.36. The average Bonchev–Trinajstić information content (AvgIpc) is 2.70. The van der Waals surface area contributed by atoms with E-state index in [2.05, 4.69) is 17.4 Å². The second-order valence-electron chi connectivity index (χ2n) is 8.38. The molecule has 1 aromatic heterocycles. The Balaban J connectivity index is 1.59. The van der Waals surface area contributed by atoms with Gasteiger partial charge in [0, 0.05) is 22.7 Å². The van der Waals surface area contributed by atoms with Gasteiger partial charge in [-0.3, -0.25) is 4.79 Å². The van der Waals surface area contributed by atoms with Gasteiger partial charge in [-0.1, -0.05) is 48.0 Å². The Morgan fingerprint density at radius 2 is 1.71 bits per heavy atom. The van der Waals surface area contributed by atoms with E-state index in [4.69, 9.17) is 4.42 Å². The van der Waals surface area contributed by atoms with Crippen molar-refractivity contribution in [3.63, 3.8) is 0 Å². The van der Waals surface area contributed by atoms with Crippen molar-refractivity contribution in [2.24, 2.45) is 0 Å². The summed E-state index contributed by atoms with van der Waals surface area (Å²) >= 11 is 0. The first kappa shape index (κ1) is 20.8. The van der Waals surface area contributed by atoms with Gasteiger partial charge in [-0.15, -0.1) is 0 Å². The molecule has 31 heavy (non-hydrogen) atoms. The van der Waals surface area contributed by atoms with Crippen LogP contribution in [0.25, 0.3) is 21.7 Å². The van der Waals surface area contributed by atoms with Gasteiger partial charge in [-0.2, -0.15) is 0 Å². The average molecular weight is 416 g/mol. The van der Waals surface area contributed by atoms with E-state index in [1.165, 1.54) is 5.56 Å². The number of hydrogen-bond acceptors (Lipinski definition) is 3. The molecule has 1 unspecified atom stereocenters. The van der Waals surface area contributed by atoms with Crippen molar-refractivity contribution in [3.05, 3.63) is 87.3 Å². The molecule has 5 nitrogen and oxygen atoms in total. The summed E-state index contributed by atoms with van der Waals surface area (Å²) in [5.74, 6) is -0.0512. The summed E-state index contributed by atoms with van der Waals surface area (Å²) < 4.78 is 5.44. The molecule has 0 radical (unpaired) electrons. The van der Waals surface area contributed by atoms with E-state index in [1.807, 2.05) is 64.2 Å². The van der Waals surface area contributed by atoms with Crippen molar-refractivity contribution in [1.29, 1.82) is 0 Å². The van der Waals surface area contributed by atoms with Gasteiger partial charge in [-0.05, 0) is 48.7 Å². The molecule has 2 N–H and O–H groups in total. The number of amides is 1. The van der Waals surface area contributed by atoms with Crippen molar-refractivity contribution in [1.82, 2.24) is 0 Å². The summed E-state index contributed by atoms with van der Waals surface area (Å²) in [6.45, 7) is 6.89. The molecule has 0 aliphatic carbocycles. The number of carbonyl (C=O) groups excluding carboxylic acids is 1. The van der Waals surface area contributed by atoms with Crippen molar-refractivity contribution in [2.45, 2.75) is 27.3 Å². The number of quaternary nitrogens is 1. The van der Waals surface area contributed by atoms with E-state index in [1.54, 1.807) is 6.07 Å². The number of nitrogens with one attached hydrogen (secondary N) is 2. The Kier molecular flexibility index (Phi) is 5.61. The fourth-order valence-corrected chi connectivity index (χ4v) is 4.38. The van der Waals surface area contributed by atoms with Crippen LogP contribution in [0.1, 0.15) is 22.3 Å². The Morgan fingerprint density at radius 3 is 2.45 bits per heavy atom. The molecule has 0 fully saturated rings. The lowest BCUT2D eigenvalue weighted by Crippen LogP contribution is -3.08. The van der Waals surface area contributed by atoms with E-state index in [0.29, 0.717) is 18.7 Å². The maximum atomic E-state index is 12.7. The number of rotatable bonds is 5. The zero-order valence-corrected chi connectivity index (χ0v) is 18.3. The largest absolute Gasteiger partial charge is 0.423 e. The first-order chi connectivity index (χ1) is 14.8. The lowest BCUT2D eigenvalue weighted by atomic mass is 10.0. The van der Waals surface area contributed by atoms with E-state index in [0.717, 1.165) is 43.4 Å². The van der Waals surface area contributed by atoms with Crippen LogP contribution in [0.5, 0.6) is 0 Å². The van der Waals surface area contributed by atoms with Crippen LogP contribution in [0.2, 0.25) is 0 Å². The number of fused-ring (bicyclic) bond motifs is 3. The number of benzene rings is 3. The third kappa shape index (κ3) is 4.37. The molecule has 0 aliphatic rings. The molecule has 1 heterocycles. The van der Waals surface area contributed by atoms with Gasteiger partial charge < -0.3 is 14.6 Å². The first-order valence-corrected chi connectivity index (χ1v) is 10.5. The van der Waals surface area contributed by atoms with Gasteiger partial charge in [0.2, 0.25) is 0 Å². The molecule has 4 aromatic rings. The summed E-state index contributed by atoms with van der Waals surface area (Å²) in [4.78, 5) is 25.9. The zero-order chi connectivity index (χ0) is 22.1. The first-order valence-electron chi connectivity index (χ1n) is 10.5. The number of likely N-dealkylation sites (N-methyl/N-ethyl adjacent to an activating group) is 1. The molecular weight excluding hydrogens is 388 g/mol. The quantitative estimate of drug-likeness (QED) is 0.387. The molecule has 4 rings (SSSR count). The summed E-state index contributed by atoms with van der Waals surface area (Å²) in [6, 6.07) is 17.5. The van der Waals surface area contributed by atoms with Gasteiger partial charge in [0.25, 0.3) is 5.91 Å². The van der Waals surface area contributed by atoms with Gasteiger partial charge in [-0.25, -0.2) is 4.79 Å². The molecule has 0 spiro atoms. The summed E-state index contributed by atoms with van der Waals surface area (Å²) in [7, 11) is 1.96. The van der Waals surface area contributed by atoms with Crippen LogP contribution in [-0.4, -0.2) is 19.5 Å². The molecule has 0 aliphatic heterocycles. The van der Waals surface area contributed by atoms with Crippen LogP contribution < -0.4 is 15.8 Å². The topological polar surface area (TPSA) is 63.8 Å². The van der Waals surface area contributed by atoms with Crippen LogP contribution in [0.4, 0.5) is 5.69 Å². The highest BCUT2D eigenvalue weighted by Gasteiger charge is 2.17. The molecule has 1 atom stereocenters. The molecule has 5 heteroatoms. The predicted molar refractivity (Wildman–Crippen MR) is 125 cm³/mol. The maximum absolute atomic E-state index is 12.7. The van der Waals surface area contributed by atoms with E-state index < -0.39 is 0 Å². The Morgan fingerprint density at radius 1 is 1.00 bits per heavy atom. The lowest BCUT2D eigenvalue weighted by Gasteiger charge is -2.17. The number of carbonyl (C=O) groups is 1. The van der Waals surface area contributed by atoms with Gasteiger partial charge in [0.1, 0.15) is 12.1 Å².